The minimum atomic E-state index is 0.0907. The van der Waals surface area contributed by atoms with Crippen LogP contribution in [0.4, 0.5) is 0 Å². The van der Waals surface area contributed by atoms with Crippen molar-refractivity contribution in [2.75, 3.05) is 25.4 Å². The van der Waals surface area contributed by atoms with Crippen molar-refractivity contribution in [2.45, 2.75) is 37.0 Å². The lowest BCUT2D eigenvalue weighted by Crippen LogP contribution is -2.60. The maximum absolute atomic E-state index is 12.3. The van der Waals surface area contributed by atoms with E-state index in [4.69, 9.17) is 4.74 Å². The summed E-state index contributed by atoms with van der Waals surface area (Å²) >= 11 is 3.54. The zero-order chi connectivity index (χ0) is 14.4. The SMILES string of the molecule is Cc1nc(C(=O)N2CC3(C[C@@H](OCC4CC4)CS3)C2)cs1. The van der Waals surface area contributed by atoms with E-state index >= 15 is 0 Å². The van der Waals surface area contributed by atoms with Crippen LogP contribution in [0.25, 0.3) is 0 Å². The number of carbonyl (C=O) groups is 1. The van der Waals surface area contributed by atoms with Gasteiger partial charge in [-0.05, 0) is 32.1 Å². The molecule has 21 heavy (non-hydrogen) atoms. The molecule has 1 spiro atoms. The summed E-state index contributed by atoms with van der Waals surface area (Å²) in [5, 5.41) is 2.82. The molecule has 4 nitrogen and oxygen atoms in total. The summed E-state index contributed by atoms with van der Waals surface area (Å²) in [7, 11) is 0. The van der Waals surface area contributed by atoms with E-state index < -0.39 is 0 Å². The van der Waals surface area contributed by atoms with Crippen LogP contribution in [0.1, 0.15) is 34.8 Å². The van der Waals surface area contributed by atoms with Crippen molar-refractivity contribution in [3.8, 4) is 0 Å². The van der Waals surface area contributed by atoms with Crippen molar-refractivity contribution in [2.24, 2.45) is 5.92 Å². The van der Waals surface area contributed by atoms with Crippen LogP contribution in [0.5, 0.6) is 0 Å². The Balaban J connectivity index is 1.29. The first-order valence-electron chi connectivity index (χ1n) is 7.60. The van der Waals surface area contributed by atoms with Crippen molar-refractivity contribution in [1.82, 2.24) is 9.88 Å². The highest BCUT2D eigenvalue weighted by molar-refractivity contribution is 8.01. The molecule has 1 aromatic heterocycles. The molecule has 0 aromatic carbocycles. The van der Waals surface area contributed by atoms with Gasteiger partial charge in [0.25, 0.3) is 5.91 Å². The Bertz CT molecular complexity index is 550. The van der Waals surface area contributed by atoms with Crippen LogP contribution in [0.2, 0.25) is 0 Å². The van der Waals surface area contributed by atoms with Gasteiger partial charge in [0, 0.05) is 30.8 Å². The van der Waals surface area contributed by atoms with Crippen molar-refractivity contribution < 1.29 is 9.53 Å². The zero-order valence-electron chi connectivity index (χ0n) is 12.2. The van der Waals surface area contributed by atoms with E-state index in [1.54, 1.807) is 11.3 Å². The number of hydrogen-bond donors (Lipinski definition) is 0. The van der Waals surface area contributed by atoms with Gasteiger partial charge >= 0.3 is 0 Å². The zero-order valence-corrected chi connectivity index (χ0v) is 13.8. The predicted molar refractivity (Wildman–Crippen MR) is 85.0 cm³/mol. The van der Waals surface area contributed by atoms with Gasteiger partial charge in [-0.2, -0.15) is 0 Å². The average molecular weight is 324 g/mol. The molecule has 3 heterocycles. The largest absolute Gasteiger partial charge is 0.377 e. The quantitative estimate of drug-likeness (QED) is 0.854. The Morgan fingerprint density at radius 2 is 2.33 bits per heavy atom. The van der Waals surface area contributed by atoms with Crippen molar-refractivity contribution in [1.29, 1.82) is 0 Å². The summed E-state index contributed by atoms with van der Waals surface area (Å²) in [6.07, 6.45) is 4.19. The molecule has 1 atom stereocenters. The first-order chi connectivity index (χ1) is 10.1. The van der Waals surface area contributed by atoms with Crippen LogP contribution in [0.3, 0.4) is 0 Å². The van der Waals surface area contributed by atoms with E-state index in [9.17, 15) is 4.79 Å². The second kappa shape index (κ2) is 5.25. The number of thioether (sulfide) groups is 1. The smallest absolute Gasteiger partial charge is 0.273 e. The topological polar surface area (TPSA) is 42.4 Å². The molecule has 1 amide bonds. The molecule has 1 aromatic rings. The Morgan fingerprint density at radius 1 is 1.52 bits per heavy atom. The number of aromatic nitrogens is 1. The molecule has 2 saturated heterocycles. The van der Waals surface area contributed by atoms with Crippen molar-refractivity contribution >= 4 is 29.0 Å². The third-order valence-corrected chi connectivity index (χ3v) is 6.87. The number of likely N-dealkylation sites (tertiary alicyclic amines) is 1. The van der Waals surface area contributed by atoms with Crippen LogP contribution in [-0.4, -0.2) is 52.1 Å². The summed E-state index contributed by atoms with van der Waals surface area (Å²) in [6.45, 7) is 4.60. The summed E-state index contributed by atoms with van der Waals surface area (Å²) < 4.78 is 6.27. The van der Waals surface area contributed by atoms with Crippen LogP contribution < -0.4 is 0 Å². The van der Waals surface area contributed by atoms with Gasteiger partial charge in [0.15, 0.2) is 0 Å². The molecule has 3 aliphatic rings. The third-order valence-electron chi connectivity index (χ3n) is 4.52. The van der Waals surface area contributed by atoms with Gasteiger partial charge in [-0.3, -0.25) is 4.79 Å². The Labute approximate surface area is 133 Å². The first-order valence-corrected chi connectivity index (χ1v) is 9.47. The minimum absolute atomic E-state index is 0.0907. The normalized spacial score (nSPS) is 27.1. The maximum Gasteiger partial charge on any atom is 0.273 e. The molecule has 1 aliphatic carbocycles. The second-order valence-electron chi connectivity index (χ2n) is 6.51. The Hall–Kier alpha value is -0.590. The summed E-state index contributed by atoms with van der Waals surface area (Å²) in [5.74, 6) is 2.01. The Kier molecular flexibility index (Phi) is 3.51. The lowest BCUT2D eigenvalue weighted by molar-refractivity contribution is 0.0284. The molecule has 4 rings (SSSR count). The predicted octanol–water partition coefficient (Wildman–Crippen LogP) is 2.58. The summed E-state index contributed by atoms with van der Waals surface area (Å²) in [5.41, 5.74) is 0.608. The van der Waals surface area contributed by atoms with Gasteiger partial charge in [0.05, 0.1) is 15.9 Å². The fourth-order valence-corrected chi connectivity index (χ4v) is 5.24. The number of aryl methyl sites for hydroxylation is 1. The van der Waals surface area contributed by atoms with E-state index in [0.717, 1.165) is 42.8 Å². The number of nitrogens with zero attached hydrogens (tertiary/aromatic N) is 2. The van der Waals surface area contributed by atoms with Gasteiger partial charge in [-0.15, -0.1) is 23.1 Å². The lowest BCUT2D eigenvalue weighted by atomic mass is 9.92. The van der Waals surface area contributed by atoms with Gasteiger partial charge in [-0.1, -0.05) is 0 Å². The molecule has 3 fully saturated rings. The van der Waals surface area contributed by atoms with Gasteiger partial charge in [0.1, 0.15) is 5.69 Å². The molecular weight excluding hydrogens is 304 g/mol. The van der Waals surface area contributed by atoms with E-state index in [1.165, 1.54) is 12.8 Å². The fraction of sp³-hybridized carbons (Fsp3) is 0.733. The molecule has 2 aliphatic heterocycles. The number of rotatable bonds is 4. The van der Waals surface area contributed by atoms with Crippen LogP contribution in [0, 0.1) is 12.8 Å². The molecule has 1 saturated carbocycles. The highest BCUT2D eigenvalue weighted by Crippen LogP contribution is 2.46. The molecule has 0 radical (unpaired) electrons. The molecule has 0 unspecified atom stereocenters. The molecule has 114 valence electrons. The third kappa shape index (κ3) is 2.85. The highest BCUT2D eigenvalue weighted by atomic mass is 32.2. The molecule has 6 heteroatoms. The molecule has 0 N–H and O–H groups in total. The average Bonchev–Trinajstić information content (AvgIpc) is 3.00. The number of amides is 1. The van der Waals surface area contributed by atoms with Crippen molar-refractivity contribution in [3.63, 3.8) is 0 Å². The number of thiazole rings is 1. The maximum atomic E-state index is 12.3. The number of hydrogen-bond acceptors (Lipinski definition) is 5. The monoisotopic (exact) mass is 324 g/mol. The summed E-state index contributed by atoms with van der Waals surface area (Å²) in [6, 6.07) is 0. The van der Waals surface area contributed by atoms with E-state index in [1.807, 2.05) is 29.0 Å². The van der Waals surface area contributed by atoms with Crippen molar-refractivity contribution in [3.05, 3.63) is 16.1 Å². The standard InChI is InChI=1S/C15H20N2O2S2/c1-10-16-13(7-20-10)14(18)17-8-15(9-17)4-12(6-21-15)19-5-11-2-3-11/h7,11-12H,2-6,8-9H2,1H3/t12-/m1/s1. The van der Waals surface area contributed by atoms with Gasteiger partial charge < -0.3 is 9.64 Å². The summed E-state index contributed by atoms with van der Waals surface area (Å²) in [4.78, 5) is 18.5. The van der Waals surface area contributed by atoms with Gasteiger partial charge in [0.2, 0.25) is 0 Å². The van der Waals surface area contributed by atoms with E-state index in [0.29, 0.717) is 11.8 Å². The van der Waals surface area contributed by atoms with Gasteiger partial charge in [-0.25, -0.2) is 4.98 Å². The van der Waals surface area contributed by atoms with Crippen LogP contribution in [0.15, 0.2) is 5.38 Å². The minimum Gasteiger partial charge on any atom is -0.377 e. The van der Waals surface area contributed by atoms with Crippen LogP contribution >= 0.6 is 23.1 Å². The highest BCUT2D eigenvalue weighted by Gasteiger charge is 2.51. The first kappa shape index (κ1) is 14.0. The van der Waals surface area contributed by atoms with E-state index in [2.05, 4.69) is 4.98 Å². The Morgan fingerprint density at radius 3 is 3.00 bits per heavy atom. The number of ether oxygens (including phenoxy) is 1. The lowest BCUT2D eigenvalue weighted by Gasteiger charge is -2.47. The fourth-order valence-electron chi connectivity index (χ4n) is 3.10. The number of carbonyl (C=O) groups excluding carboxylic acids is 1. The molecular formula is C15H20N2O2S2. The van der Waals surface area contributed by atoms with Crippen LogP contribution in [-0.2, 0) is 4.74 Å². The second-order valence-corrected chi connectivity index (χ2v) is 9.06. The van der Waals surface area contributed by atoms with E-state index in [-0.39, 0.29) is 10.7 Å². The molecule has 0 bridgehead atoms.